The lowest BCUT2D eigenvalue weighted by molar-refractivity contribution is 1.07. The van der Waals surface area contributed by atoms with Crippen LogP contribution in [-0.2, 0) is 0 Å². The van der Waals surface area contributed by atoms with Gasteiger partial charge in [0, 0.05) is 55.0 Å². The zero-order valence-corrected chi connectivity index (χ0v) is 31.3. The fourth-order valence-electron chi connectivity index (χ4n) is 8.84. The molecule has 0 amide bonds. The Hall–Kier alpha value is -7.89. The molecule has 3 heterocycles. The molecule has 0 radical (unpaired) electrons. The number of rotatable bonds is 5. The highest BCUT2D eigenvalue weighted by atomic mass is 15.0. The molecule has 270 valence electrons. The van der Waals surface area contributed by atoms with E-state index in [2.05, 4.69) is 149 Å². The van der Waals surface area contributed by atoms with Crippen LogP contribution in [0.5, 0.6) is 0 Å². The monoisotopic (exact) mass is 739 g/mol. The zero-order chi connectivity index (χ0) is 38.2. The Balaban J connectivity index is 1.04. The quantitative estimate of drug-likeness (QED) is 0.177. The number of para-hydroxylation sites is 2. The third-order valence-electron chi connectivity index (χ3n) is 11.5. The van der Waals surface area contributed by atoms with Gasteiger partial charge in [-0.1, -0.05) is 152 Å². The second-order valence-electron chi connectivity index (χ2n) is 14.9. The molecule has 0 atom stereocenters. The molecule has 0 saturated heterocycles. The summed E-state index contributed by atoms with van der Waals surface area (Å²) in [6.07, 6.45) is 0. The summed E-state index contributed by atoms with van der Waals surface area (Å²) >= 11 is 0. The van der Waals surface area contributed by atoms with Gasteiger partial charge in [0.05, 0.1) is 22.1 Å². The minimum absolute atomic E-state index is 0.631. The fourth-order valence-corrected chi connectivity index (χ4v) is 8.84. The maximum Gasteiger partial charge on any atom is 0.164 e. The van der Waals surface area contributed by atoms with E-state index in [1.165, 1.54) is 54.1 Å². The standard InChI is InChI=1S/C53H33N5/c1-3-15-35(16-4-1)51-54-52(36-17-5-2-6-18-36)56-53(55-51)38-19-13-20-40(30-38)57-47-24-11-10-23-44(47)46-32-39-31-41(28-26-37(39)33-49(46)57)58-48-25-12-9-22-43(48)45-29-27-34-14-7-8-21-42(34)50(45)58/h1-33H. The molecule has 0 N–H and O–H groups in total. The van der Waals surface area contributed by atoms with E-state index < -0.39 is 0 Å². The molecule has 0 spiro atoms. The second-order valence-corrected chi connectivity index (χ2v) is 14.9. The Labute approximate surface area is 333 Å². The first-order valence-electron chi connectivity index (χ1n) is 19.6. The molecule has 5 nitrogen and oxygen atoms in total. The van der Waals surface area contributed by atoms with Crippen molar-refractivity contribution in [3.8, 4) is 45.5 Å². The number of hydrogen-bond acceptors (Lipinski definition) is 3. The van der Waals surface area contributed by atoms with E-state index in [-0.39, 0.29) is 0 Å². The van der Waals surface area contributed by atoms with E-state index in [9.17, 15) is 0 Å². The minimum atomic E-state index is 0.631. The van der Waals surface area contributed by atoms with Crippen LogP contribution in [0.1, 0.15) is 0 Å². The maximum absolute atomic E-state index is 5.04. The Bertz CT molecular complexity index is 3510. The van der Waals surface area contributed by atoms with Gasteiger partial charge in [0.15, 0.2) is 17.5 Å². The van der Waals surface area contributed by atoms with Crippen LogP contribution in [0.2, 0.25) is 0 Å². The molecule has 0 saturated carbocycles. The molecule has 12 rings (SSSR count). The molecule has 12 aromatic rings. The van der Waals surface area contributed by atoms with Crippen LogP contribution in [0.25, 0.3) is 111 Å². The molecule has 9 aromatic carbocycles. The normalized spacial score (nSPS) is 11.8. The van der Waals surface area contributed by atoms with Crippen molar-refractivity contribution in [3.63, 3.8) is 0 Å². The molecule has 0 aliphatic carbocycles. The van der Waals surface area contributed by atoms with Crippen molar-refractivity contribution in [1.29, 1.82) is 0 Å². The third-order valence-corrected chi connectivity index (χ3v) is 11.5. The van der Waals surface area contributed by atoms with Gasteiger partial charge in [-0.2, -0.15) is 0 Å². The van der Waals surface area contributed by atoms with E-state index in [0.717, 1.165) is 39.1 Å². The zero-order valence-electron chi connectivity index (χ0n) is 31.3. The third kappa shape index (κ3) is 5.07. The first kappa shape index (κ1) is 32.4. The van der Waals surface area contributed by atoms with Crippen LogP contribution < -0.4 is 0 Å². The number of benzene rings is 9. The lowest BCUT2D eigenvalue weighted by Gasteiger charge is -2.13. The summed E-state index contributed by atoms with van der Waals surface area (Å²) in [7, 11) is 0. The van der Waals surface area contributed by atoms with Gasteiger partial charge in [0.2, 0.25) is 0 Å². The topological polar surface area (TPSA) is 48.5 Å². The summed E-state index contributed by atoms with van der Waals surface area (Å²) in [5.74, 6) is 1.92. The number of fused-ring (bicyclic) bond motifs is 9. The van der Waals surface area contributed by atoms with Gasteiger partial charge >= 0.3 is 0 Å². The maximum atomic E-state index is 5.04. The summed E-state index contributed by atoms with van der Waals surface area (Å²) in [6.45, 7) is 0. The van der Waals surface area contributed by atoms with Crippen molar-refractivity contribution in [2.24, 2.45) is 0 Å². The number of nitrogens with zero attached hydrogens (tertiary/aromatic N) is 5. The van der Waals surface area contributed by atoms with Crippen LogP contribution in [0.4, 0.5) is 0 Å². The van der Waals surface area contributed by atoms with E-state index in [4.69, 9.17) is 15.0 Å². The first-order chi connectivity index (χ1) is 28.7. The predicted octanol–water partition coefficient (Wildman–Crippen LogP) is 13.4. The smallest absolute Gasteiger partial charge is 0.164 e. The molecular formula is C53H33N5. The molecule has 3 aromatic heterocycles. The van der Waals surface area contributed by atoms with Gasteiger partial charge in [0.1, 0.15) is 0 Å². The van der Waals surface area contributed by atoms with Gasteiger partial charge in [-0.25, -0.2) is 15.0 Å². The average molecular weight is 740 g/mol. The molecule has 0 aliphatic rings. The molecule has 0 bridgehead atoms. The van der Waals surface area contributed by atoms with Gasteiger partial charge < -0.3 is 9.13 Å². The lowest BCUT2D eigenvalue weighted by Crippen LogP contribution is -2.01. The van der Waals surface area contributed by atoms with E-state index in [1.807, 2.05) is 60.7 Å². The number of aromatic nitrogens is 5. The van der Waals surface area contributed by atoms with Crippen molar-refractivity contribution in [2.75, 3.05) is 0 Å². The van der Waals surface area contributed by atoms with Crippen LogP contribution in [0.15, 0.2) is 200 Å². The number of hydrogen-bond donors (Lipinski definition) is 0. The van der Waals surface area contributed by atoms with Crippen LogP contribution >= 0.6 is 0 Å². The van der Waals surface area contributed by atoms with Gasteiger partial charge in [-0.05, 0) is 64.7 Å². The average Bonchev–Trinajstić information content (AvgIpc) is 3.81. The molecule has 0 aliphatic heterocycles. The summed E-state index contributed by atoms with van der Waals surface area (Å²) in [5.41, 5.74) is 9.73. The van der Waals surface area contributed by atoms with E-state index >= 15 is 0 Å². The summed E-state index contributed by atoms with van der Waals surface area (Å²) in [6, 6.07) is 71.1. The second kappa shape index (κ2) is 12.8. The Morgan fingerprint density at radius 1 is 0.276 bits per heavy atom. The SMILES string of the molecule is c1ccc(-c2nc(-c3ccccc3)nc(-c3cccc(-n4c5ccccc5c5cc6cc(-n7c8ccccc8c8ccc9ccccc9c87)ccc6cc54)c3)n2)cc1. The Kier molecular flexibility index (Phi) is 7.16. The van der Waals surface area contributed by atoms with Crippen LogP contribution in [0.3, 0.4) is 0 Å². The van der Waals surface area contributed by atoms with Crippen molar-refractivity contribution >= 4 is 65.2 Å². The van der Waals surface area contributed by atoms with Crippen molar-refractivity contribution in [1.82, 2.24) is 24.1 Å². The molecule has 0 fully saturated rings. The van der Waals surface area contributed by atoms with Crippen molar-refractivity contribution in [2.45, 2.75) is 0 Å². The summed E-state index contributed by atoms with van der Waals surface area (Å²) in [5, 5.41) is 9.80. The lowest BCUT2D eigenvalue weighted by atomic mass is 10.0. The predicted molar refractivity (Wildman–Crippen MR) is 240 cm³/mol. The molecule has 58 heavy (non-hydrogen) atoms. The largest absolute Gasteiger partial charge is 0.309 e. The Morgan fingerprint density at radius 2 is 0.828 bits per heavy atom. The van der Waals surface area contributed by atoms with Gasteiger partial charge in [-0.15, -0.1) is 0 Å². The highest BCUT2D eigenvalue weighted by molar-refractivity contribution is 6.19. The highest BCUT2D eigenvalue weighted by Crippen LogP contribution is 2.39. The molecule has 5 heteroatoms. The van der Waals surface area contributed by atoms with Gasteiger partial charge in [-0.3, -0.25) is 0 Å². The highest BCUT2D eigenvalue weighted by Gasteiger charge is 2.18. The van der Waals surface area contributed by atoms with E-state index in [1.54, 1.807) is 0 Å². The van der Waals surface area contributed by atoms with Crippen molar-refractivity contribution < 1.29 is 0 Å². The summed E-state index contributed by atoms with van der Waals surface area (Å²) in [4.78, 5) is 15.0. The van der Waals surface area contributed by atoms with Gasteiger partial charge in [0.25, 0.3) is 0 Å². The minimum Gasteiger partial charge on any atom is -0.309 e. The van der Waals surface area contributed by atoms with Crippen LogP contribution in [-0.4, -0.2) is 24.1 Å². The molecular weight excluding hydrogens is 707 g/mol. The van der Waals surface area contributed by atoms with Crippen LogP contribution in [0, 0.1) is 0 Å². The summed E-state index contributed by atoms with van der Waals surface area (Å²) < 4.78 is 4.82. The fraction of sp³-hybridized carbons (Fsp3) is 0. The van der Waals surface area contributed by atoms with Crippen molar-refractivity contribution in [3.05, 3.63) is 200 Å². The van der Waals surface area contributed by atoms with E-state index in [0.29, 0.717) is 17.5 Å². The Morgan fingerprint density at radius 3 is 1.55 bits per heavy atom. The molecule has 0 unspecified atom stereocenters. The first-order valence-corrected chi connectivity index (χ1v) is 19.6.